The maximum Gasteiger partial charge on any atom is 0.163 e. The van der Waals surface area contributed by atoms with Crippen LogP contribution in [0.5, 0.6) is 0 Å². The molecule has 0 amide bonds. The zero-order chi connectivity index (χ0) is 19.3. The number of anilines is 2. The molecule has 144 valence electrons. The Kier molecular flexibility index (Phi) is 5.74. The van der Waals surface area contributed by atoms with Gasteiger partial charge in [0.15, 0.2) is 5.82 Å². The molecule has 0 bridgehead atoms. The van der Waals surface area contributed by atoms with E-state index in [0.29, 0.717) is 6.54 Å². The number of aromatic nitrogens is 2. The van der Waals surface area contributed by atoms with Crippen molar-refractivity contribution in [2.45, 2.75) is 6.54 Å². The average molecular weight is 394 g/mol. The fourth-order valence-electron chi connectivity index (χ4n) is 3.27. The van der Waals surface area contributed by atoms with E-state index >= 15 is 0 Å². The normalized spacial score (nSPS) is 14.9. The van der Waals surface area contributed by atoms with Crippen LogP contribution in [0.25, 0.3) is 11.4 Å². The summed E-state index contributed by atoms with van der Waals surface area (Å²) in [5.41, 5.74) is 2.06. The third-order valence-corrected chi connectivity index (χ3v) is 5.36. The van der Waals surface area contributed by atoms with Crippen LogP contribution in [0.15, 0.2) is 60.7 Å². The molecule has 0 atom stereocenters. The summed E-state index contributed by atoms with van der Waals surface area (Å²) in [6.45, 7) is 4.62. The minimum absolute atomic E-state index is 0.618. The van der Waals surface area contributed by atoms with Gasteiger partial charge in [0, 0.05) is 49.4 Å². The Labute approximate surface area is 171 Å². The molecule has 28 heavy (non-hydrogen) atoms. The molecule has 0 aliphatic carbocycles. The van der Waals surface area contributed by atoms with E-state index < -0.39 is 0 Å². The van der Waals surface area contributed by atoms with E-state index in [4.69, 9.17) is 21.6 Å². The predicted octanol–water partition coefficient (Wildman–Crippen LogP) is 4.16. The molecule has 3 aromatic rings. The van der Waals surface area contributed by atoms with Gasteiger partial charge in [-0.05, 0) is 18.7 Å². The second kappa shape index (κ2) is 8.59. The van der Waals surface area contributed by atoms with Crippen molar-refractivity contribution in [2.75, 3.05) is 43.4 Å². The monoisotopic (exact) mass is 393 g/mol. The summed E-state index contributed by atoms with van der Waals surface area (Å²) in [6.07, 6.45) is 0. The van der Waals surface area contributed by atoms with Crippen molar-refractivity contribution in [1.82, 2.24) is 14.9 Å². The van der Waals surface area contributed by atoms with E-state index in [1.165, 1.54) is 0 Å². The lowest BCUT2D eigenvalue weighted by molar-refractivity contribution is 0.312. The van der Waals surface area contributed by atoms with Crippen LogP contribution in [-0.2, 0) is 6.54 Å². The van der Waals surface area contributed by atoms with Crippen LogP contribution >= 0.6 is 11.6 Å². The largest absolute Gasteiger partial charge is 0.366 e. The molecule has 1 aliphatic heterocycles. The van der Waals surface area contributed by atoms with E-state index in [1.54, 1.807) is 0 Å². The molecular weight excluding hydrogens is 370 g/mol. The van der Waals surface area contributed by atoms with Crippen LogP contribution in [0.1, 0.15) is 5.56 Å². The van der Waals surface area contributed by atoms with E-state index in [1.807, 2.05) is 60.7 Å². The molecule has 1 fully saturated rings. The van der Waals surface area contributed by atoms with E-state index in [2.05, 4.69) is 22.2 Å². The van der Waals surface area contributed by atoms with Crippen molar-refractivity contribution in [3.8, 4) is 11.4 Å². The predicted molar refractivity (Wildman–Crippen MR) is 116 cm³/mol. The highest BCUT2D eigenvalue weighted by molar-refractivity contribution is 6.31. The zero-order valence-corrected chi connectivity index (χ0v) is 16.7. The number of halogens is 1. The SMILES string of the molecule is CN1CCN(c2cc(NCc3ccccc3Cl)nc(-c3ccccc3)n2)CC1. The molecular formula is C22H24ClN5. The van der Waals surface area contributed by atoms with Crippen LogP contribution in [-0.4, -0.2) is 48.1 Å². The number of benzene rings is 2. The highest BCUT2D eigenvalue weighted by atomic mass is 35.5. The number of rotatable bonds is 5. The fraction of sp³-hybridized carbons (Fsp3) is 0.273. The molecule has 0 saturated carbocycles. The molecule has 2 aromatic carbocycles. The smallest absolute Gasteiger partial charge is 0.163 e. The van der Waals surface area contributed by atoms with Crippen molar-refractivity contribution >= 4 is 23.2 Å². The standard InChI is InChI=1S/C22H24ClN5/c1-27-11-13-28(14-12-27)21-15-20(24-16-18-9-5-6-10-19(18)23)25-22(26-21)17-7-3-2-4-8-17/h2-10,15H,11-14,16H2,1H3,(H,24,25,26). The van der Waals surface area contributed by atoms with Gasteiger partial charge in [0.1, 0.15) is 11.6 Å². The third-order valence-electron chi connectivity index (χ3n) is 4.99. The van der Waals surface area contributed by atoms with Gasteiger partial charge in [0.25, 0.3) is 0 Å². The molecule has 5 nitrogen and oxygen atoms in total. The van der Waals surface area contributed by atoms with Crippen molar-refractivity contribution in [3.05, 3.63) is 71.2 Å². The number of nitrogens with one attached hydrogen (secondary N) is 1. The van der Waals surface area contributed by atoms with Gasteiger partial charge in [-0.2, -0.15) is 0 Å². The molecule has 6 heteroatoms. The Hall–Kier alpha value is -2.63. The van der Waals surface area contributed by atoms with Crippen molar-refractivity contribution in [1.29, 1.82) is 0 Å². The van der Waals surface area contributed by atoms with Crippen LogP contribution in [0, 0.1) is 0 Å². The van der Waals surface area contributed by atoms with Crippen LogP contribution in [0.4, 0.5) is 11.6 Å². The highest BCUT2D eigenvalue weighted by Crippen LogP contribution is 2.24. The van der Waals surface area contributed by atoms with Gasteiger partial charge >= 0.3 is 0 Å². The number of hydrogen-bond acceptors (Lipinski definition) is 5. The maximum absolute atomic E-state index is 6.30. The maximum atomic E-state index is 6.30. The molecule has 4 rings (SSSR count). The molecule has 1 saturated heterocycles. The first-order valence-corrected chi connectivity index (χ1v) is 9.92. The number of hydrogen-bond donors (Lipinski definition) is 1. The lowest BCUT2D eigenvalue weighted by atomic mass is 10.2. The topological polar surface area (TPSA) is 44.3 Å². The molecule has 1 aromatic heterocycles. The lowest BCUT2D eigenvalue weighted by Gasteiger charge is -2.33. The van der Waals surface area contributed by atoms with Gasteiger partial charge in [0.05, 0.1) is 0 Å². The number of piperazine rings is 1. The Morgan fingerprint density at radius 2 is 1.64 bits per heavy atom. The Morgan fingerprint density at radius 1 is 0.929 bits per heavy atom. The van der Waals surface area contributed by atoms with Crippen LogP contribution < -0.4 is 10.2 Å². The summed E-state index contributed by atoms with van der Waals surface area (Å²) in [5.74, 6) is 2.50. The molecule has 0 radical (unpaired) electrons. The van der Waals surface area contributed by atoms with Gasteiger partial charge in [-0.15, -0.1) is 0 Å². The van der Waals surface area contributed by atoms with Crippen LogP contribution in [0.3, 0.4) is 0 Å². The summed E-state index contributed by atoms with van der Waals surface area (Å²) in [6, 6.07) is 20.0. The molecule has 1 aliphatic rings. The minimum Gasteiger partial charge on any atom is -0.366 e. The van der Waals surface area contributed by atoms with Gasteiger partial charge in [-0.25, -0.2) is 9.97 Å². The minimum atomic E-state index is 0.618. The summed E-state index contributed by atoms with van der Waals surface area (Å²) in [5, 5.41) is 4.18. The van der Waals surface area contributed by atoms with Gasteiger partial charge in [-0.1, -0.05) is 60.1 Å². The second-order valence-electron chi connectivity index (χ2n) is 7.04. The number of likely N-dealkylation sites (N-methyl/N-ethyl adjacent to an activating group) is 1. The molecule has 0 spiro atoms. The Balaban J connectivity index is 1.63. The molecule has 1 N–H and O–H groups in total. The van der Waals surface area contributed by atoms with Crippen molar-refractivity contribution in [3.63, 3.8) is 0 Å². The second-order valence-corrected chi connectivity index (χ2v) is 7.44. The highest BCUT2D eigenvalue weighted by Gasteiger charge is 2.17. The van der Waals surface area contributed by atoms with E-state index in [0.717, 1.165) is 59.8 Å². The first kappa shape index (κ1) is 18.7. The average Bonchev–Trinajstić information content (AvgIpc) is 2.74. The molecule has 0 unspecified atom stereocenters. The van der Waals surface area contributed by atoms with E-state index in [-0.39, 0.29) is 0 Å². The van der Waals surface area contributed by atoms with Gasteiger partial charge < -0.3 is 15.1 Å². The van der Waals surface area contributed by atoms with E-state index in [9.17, 15) is 0 Å². The zero-order valence-electron chi connectivity index (χ0n) is 16.0. The summed E-state index contributed by atoms with van der Waals surface area (Å²) in [7, 11) is 2.16. The Bertz CT molecular complexity index is 923. The quantitative estimate of drug-likeness (QED) is 0.705. The lowest BCUT2D eigenvalue weighted by Crippen LogP contribution is -2.44. The summed E-state index contributed by atoms with van der Waals surface area (Å²) < 4.78 is 0. The number of nitrogens with zero attached hydrogens (tertiary/aromatic N) is 4. The Morgan fingerprint density at radius 3 is 2.39 bits per heavy atom. The molecule has 2 heterocycles. The van der Waals surface area contributed by atoms with Crippen LogP contribution in [0.2, 0.25) is 5.02 Å². The third kappa shape index (κ3) is 4.43. The van der Waals surface area contributed by atoms with Gasteiger partial charge in [0.2, 0.25) is 0 Å². The first-order chi connectivity index (χ1) is 13.7. The first-order valence-electron chi connectivity index (χ1n) is 9.54. The fourth-order valence-corrected chi connectivity index (χ4v) is 3.47. The van der Waals surface area contributed by atoms with Gasteiger partial charge in [-0.3, -0.25) is 0 Å². The van der Waals surface area contributed by atoms with Crippen molar-refractivity contribution < 1.29 is 0 Å². The summed E-state index contributed by atoms with van der Waals surface area (Å²) in [4.78, 5) is 14.3. The van der Waals surface area contributed by atoms with Crippen molar-refractivity contribution in [2.24, 2.45) is 0 Å². The summed E-state index contributed by atoms with van der Waals surface area (Å²) >= 11 is 6.30.